The molecule has 1 N–H and O–H groups in total. The van der Waals surface area contributed by atoms with E-state index in [4.69, 9.17) is 4.98 Å². The highest BCUT2D eigenvalue weighted by Gasteiger charge is 2.13. The largest absolute Gasteiger partial charge is 0.373 e. The molecule has 0 fully saturated rings. The maximum Gasteiger partial charge on any atom is 0.137 e. The van der Waals surface area contributed by atoms with Crippen molar-refractivity contribution in [3.63, 3.8) is 0 Å². The van der Waals surface area contributed by atoms with Gasteiger partial charge in [-0.25, -0.2) is 9.97 Å². The van der Waals surface area contributed by atoms with E-state index in [1.165, 1.54) is 5.56 Å². The maximum atomic E-state index is 4.72. The Morgan fingerprint density at radius 2 is 2.10 bits per heavy atom. The molecule has 0 aromatic carbocycles. The van der Waals surface area contributed by atoms with Crippen molar-refractivity contribution >= 4 is 11.6 Å². The Labute approximate surface area is 126 Å². The number of pyridine rings is 1. The number of rotatable bonds is 6. The van der Waals surface area contributed by atoms with Crippen molar-refractivity contribution in [2.24, 2.45) is 0 Å². The summed E-state index contributed by atoms with van der Waals surface area (Å²) in [6.45, 7) is 4.97. The number of hydrogen-bond acceptors (Lipinski definition) is 5. The molecule has 0 aliphatic carbocycles. The first kappa shape index (κ1) is 15.2. The standard InChI is InChI=1S/C16H23N5/c1-5-7-14-19-15(17-3)12(2)16(20-14)21(4)11-13-8-6-9-18-10-13/h6,8-10H,5,7,11H2,1-4H3,(H,17,19,20). The zero-order valence-electron chi connectivity index (χ0n) is 13.2. The highest BCUT2D eigenvalue weighted by molar-refractivity contribution is 5.58. The first-order valence-corrected chi connectivity index (χ1v) is 7.31. The van der Waals surface area contributed by atoms with Crippen LogP contribution in [0.4, 0.5) is 11.6 Å². The lowest BCUT2D eigenvalue weighted by atomic mass is 10.2. The van der Waals surface area contributed by atoms with Gasteiger partial charge in [-0.05, 0) is 25.0 Å². The van der Waals surface area contributed by atoms with Gasteiger partial charge in [0, 0.05) is 45.0 Å². The molecule has 2 heterocycles. The van der Waals surface area contributed by atoms with E-state index >= 15 is 0 Å². The van der Waals surface area contributed by atoms with Crippen LogP contribution in [0.25, 0.3) is 0 Å². The Hall–Kier alpha value is -2.17. The van der Waals surface area contributed by atoms with Crippen molar-refractivity contribution in [2.75, 3.05) is 24.3 Å². The molecule has 0 bridgehead atoms. The molecule has 0 spiro atoms. The Kier molecular flexibility index (Phi) is 5.09. The monoisotopic (exact) mass is 285 g/mol. The molecule has 112 valence electrons. The second kappa shape index (κ2) is 7.02. The van der Waals surface area contributed by atoms with Crippen LogP contribution >= 0.6 is 0 Å². The number of nitrogens with zero attached hydrogens (tertiary/aromatic N) is 4. The van der Waals surface area contributed by atoms with Crippen LogP contribution in [-0.2, 0) is 13.0 Å². The van der Waals surface area contributed by atoms with Crippen LogP contribution in [-0.4, -0.2) is 29.0 Å². The quantitative estimate of drug-likeness (QED) is 0.884. The van der Waals surface area contributed by atoms with E-state index in [0.717, 1.165) is 42.4 Å². The van der Waals surface area contributed by atoms with Gasteiger partial charge in [-0.3, -0.25) is 4.98 Å². The molecule has 0 atom stereocenters. The van der Waals surface area contributed by atoms with Gasteiger partial charge in [0.15, 0.2) is 0 Å². The number of hydrogen-bond donors (Lipinski definition) is 1. The maximum absolute atomic E-state index is 4.72. The van der Waals surface area contributed by atoms with E-state index in [9.17, 15) is 0 Å². The van der Waals surface area contributed by atoms with Gasteiger partial charge in [-0.15, -0.1) is 0 Å². The highest BCUT2D eigenvalue weighted by atomic mass is 15.2. The number of aryl methyl sites for hydroxylation is 1. The second-order valence-corrected chi connectivity index (χ2v) is 5.15. The predicted octanol–water partition coefficient (Wildman–Crippen LogP) is 2.81. The molecule has 21 heavy (non-hydrogen) atoms. The van der Waals surface area contributed by atoms with Gasteiger partial charge in [0.25, 0.3) is 0 Å². The fraction of sp³-hybridized carbons (Fsp3) is 0.438. The lowest BCUT2D eigenvalue weighted by molar-refractivity contribution is 0.807. The molecule has 0 amide bonds. The summed E-state index contributed by atoms with van der Waals surface area (Å²) < 4.78 is 0. The van der Waals surface area contributed by atoms with Gasteiger partial charge in [-0.2, -0.15) is 0 Å². The summed E-state index contributed by atoms with van der Waals surface area (Å²) in [6, 6.07) is 4.03. The summed E-state index contributed by atoms with van der Waals surface area (Å²) in [5.74, 6) is 2.77. The number of nitrogens with one attached hydrogen (secondary N) is 1. The molecule has 0 aliphatic rings. The zero-order valence-corrected chi connectivity index (χ0v) is 13.2. The summed E-state index contributed by atoms with van der Waals surface area (Å²) in [5, 5.41) is 3.16. The molecule has 0 saturated carbocycles. The average Bonchev–Trinajstić information content (AvgIpc) is 2.50. The fourth-order valence-electron chi connectivity index (χ4n) is 2.34. The van der Waals surface area contributed by atoms with Gasteiger partial charge >= 0.3 is 0 Å². The minimum Gasteiger partial charge on any atom is -0.373 e. The molecule has 2 aromatic rings. The first-order chi connectivity index (χ1) is 10.2. The average molecular weight is 285 g/mol. The van der Waals surface area contributed by atoms with Crippen LogP contribution in [0.15, 0.2) is 24.5 Å². The molecular weight excluding hydrogens is 262 g/mol. The summed E-state index contributed by atoms with van der Waals surface area (Å²) in [7, 11) is 3.95. The molecule has 0 unspecified atom stereocenters. The summed E-state index contributed by atoms with van der Waals surface area (Å²) in [5.41, 5.74) is 2.24. The van der Waals surface area contributed by atoms with Crippen LogP contribution < -0.4 is 10.2 Å². The summed E-state index contributed by atoms with van der Waals surface area (Å²) in [4.78, 5) is 15.6. The smallest absolute Gasteiger partial charge is 0.137 e. The van der Waals surface area contributed by atoms with E-state index in [1.807, 2.05) is 19.3 Å². The van der Waals surface area contributed by atoms with Crippen LogP contribution in [0.5, 0.6) is 0 Å². The van der Waals surface area contributed by atoms with E-state index in [1.54, 1.807) is 6.20 Å². The van der Waals surface area contributed by atoms with Gasteiger partial charge in [0.2, 0.25) is 0 Å². The topological polar surface area (TPSA) is 53.9 Å². The number of aromatic nitrogens is 3. The minimum atomic E-state index is 0.778. The molecule has 0 aliphatic heterocycles. The van der Waals surface area contributed by atoms with Crippen molar-refractivity contribution < 1.29 is 0 Å². The molecular formula is C16H23N5. The van der Waals surface area contributed by atoms with Gasteiger partial charge < -0.3 is 10.2 Å². The molecule has 2 aromatic heterocycles. The van der Waals surface area contributed by atoms with E-state index in [0.29, 0.717) is 0 Å². The van der Waals surface area contributed by atoms with E-state index < -0.39 is 0 Å². The van der Waals surface area contributed by atoms with Crippen LogP contribution in [0, 0.1) is 6.92 Å². The normalized spacial score (nSPS) is 10.5. The highest BCUT2D eigenvalue weighted by Crippen LogP contribution is 2.24. The van der Waals surface area contributed by atoms with E-state index in [2.05, 4.69) is 47.1 Å². The molecule has 2 rings (SSSR count). The third-order valence-electron chi connectivity index (χ3n) is 3.38. The Morgan fingerprint density at radius 3 is 2.71 bits per heavy atom. The van der Waals surface area contributed by atoms with Crippen LogP contribution in [0.2, 0.25) is 0 Å². The third-order valence-corrected chi connectivity index (χ3v) is 3.38. The fourth-order valence-corrected chi connectivity index (χ4v) is 2.34. The minimum absolute atomic E-state index is 0.778. The molecule has 0 radical (unpaired) electrons. The van der Waals surface area contributed by atoms with Gasteiger partial charge in [-0.1, -0.05) is 13.0 Å². The molecule has 5 nitrogen and oxygen atoms in total. The lowest BCUT2D eigenvalue weighted by Gasteiger charge is -2.22. The second-order valence-electron chi connectivity index (χ2n) is 5.15. The lowest BCUT2D eigenvalue weighted by Crippen LogP contribution is -2.21. The SMILES string of the molecule is CCCc1nc(NC)c(C)c(N(C)Cc2cccnc2)n1. The van der Waals surface area contributed by atoms with Crippen molar-refractivity contribution in [2.45, 2.75) is 33.2 Å². The van der Waals surface area contributed by atoms with Crippen molar-refractivity contribution in [3.8, 4) is 0 Å². The van der Waals surface area contributed by atoms with Crippen molar-refractivity contribution in [3.05, 3.63) is 41.5 Å². The van der Waals surface area contributed by atoms with E-state index in [-0.39, 0.29) is 0 Å². The number of anilines is 2. The zero-order chi connectivity index (χ0) is 15.2. The summed E-state index contributed by atoms with van der Waals surface area (Å²) >= 11 is 0. The molecule has 5 heteroatoms. The summed E-state index contributed by atoms with van der Waals surface area (Å²) in [6.07, 6.45) is 5.61. The van der Waals surface area contributed by atoms with Crippen LogP contribution in [0.3, 0.4) is 0 Å². The first-order valence-electron chi connectivity index (χ1n) is 7.31. The van der Waals surface area contributed by atoms with Crippen molar-refractivity contribution in [1.29, 1.82) is 0 Å². The van der Waals surface area contributed by atoms with Gasteiger partial charge in [0.1, 0.15) is 17.5 Å². The third kappa shape index (κ3) is 3.68. The predicted molar refractivity (Wildman–Crippen MR) is 86.7 cm³/mol. The Bertz CT molecular complexity index is 583. The Balaban J connectivity index is 2.30. The van der Waals surface area contributed by atoms with Crippen LogP contribution in [0.1, 0.15) is 30.3 Å². The molecule has 0 saturated heterocycles. The Morgan fingerprint density at radius 1 is 1.29 bits per heavy atom. The van der Waals surface area contributed by atoms with Crippen molar-refractivity contribution in [1.82, 2.24) is 15.0 Å². The van der Waals surface area contributed by atoms with Gasteiger partial charge in [0.05, 0.1) is 0 Å².